The normalized spacial score (nSPS) is 16.9. The Bertz CT molecular complexity index is 1120. The van der Waals surface area contributed by atoms with Crippen molar-refractivity contribution in [2.45, 2.75) is 19.4 Å². The van der Waals surface area contributed by atoms with Crippen molar-refractivity contribution in [2.75, 3.05) is 44.2 Å². The van der Waals surface area contributed by atoms with Crippen LogP contribution in [0.1, 0.15) is 39.5 Å². The third kappa shape index (κ3) is 4.54. The molecule has 0 aliphatic carbocycles. The van der Waals surface area contributed by atoms with E-state index in [0.29, 0.717) is 12.1 Å². The fraction of sp³-hybridized carbons (Fsp3) is 0.310. The lowest BCUT2D eigenvalue weighted by Crippen LogP contribution is -2.48. The van der Waals surface area contributed by atoms with Crippen molar-refractivity contribution in [3.8, 4) is 0 Å². The summed E-state index contributed by atoms with van der Waals surface area (Å²) in [5.41, 5.74) is 4.97. The molecule has 0 saturated carbocycles. The highest BCUT2D eigenvalue weighted by Gasteiger charge is 2.35. The zero-order chi connectivity index (χ0) is 23.5. The number of anilines is 1. The smallest absolute Gasteiger partial charge is 0.299 e. The SMILES string of the molecule is Cc1ccc2c(c1)C(=O)C(=O)N2CCCN1CCN(C(c2ccccc2)c2ccccc2)CC1. The summed E-state index contributed by atoms with van der Waals surface area (Å²) in [5, 5.41) is 0. The predicted molar refractivity (Wildman–Crippen MR) is 135 cm³/mol. The summed E-state index contributed by atoms with van der Waals surface area (Å²) in [5.74, 6) is -0.765. The van der Waals surface area contributed by atoms with Crippen molar-refractivity contribution in [2.24, 2.45) is 0 Å². The second-order valence-electron chi connectivity index (χ2n) is 9.26. The number of ketones is 1. The van der Waals surface area contributed by atoms with E-state index in [2.05, 4.69) is 70.5 Å². The monoisotopic (exact) mass is 453 g/mol. The summed E-state index contributed by atoms with van der Waals surface area (Å²) < 4.78 is 0. The van der Waals surface area contributed by atoms with Crippen molar-refractivity contribution in [1.29, 1.82) is 0 Å². The predicted octanol–water partition coefficient (Wildman–Crippen LogP) is 4.32. The molecule has 0 aromatic heterocycles. The number of aryl methyl sites for hydroxylation is 1. The van der Waals surface area contributed by atoms with Gasteiger partial charge in [0.1, 0.15) is 0 Å². The largest absolute Gasteiger partial charge is 0.305 e. The molecule has 2 aliphatic heterocycles. The lowest BCUT2D eigenvalue weighted by Gasteiger charge is -2.40. The highest BCUT2D eigenvalue weighted by atomic mass is 16.2. The Labute approximate surface area is 201 Å². The van der Waals surface area contributed by atoms with Gasteiger partial charge in [0, 0.05) is 32.7 Å². The van der Waals surface area contributed by atoms with Gasteiger partial charge >= 0.3 is 0 Å². The zero-order valence-corrected chi connectivity index (χ0v) is 19.7. The third-order valence-electron chi connectivity index (χ3n) is 6.99. The molecular formula is C29H31N3O2. The lowest BCUT2D eigenvalue weighted by molar-refractivity contribution is -0.114. The minimum atomic E-state index is -0.390. The Morgan fingerprint density at radius 2 is 1.38 bits per heavy atom. The Morgan fingerprint density at radius 3 is 2.00 bits per heavy atom. The molecule has 0 spiro atoms. The first-order chi connectivity index (χ1) is 16.6. The zero-order valence-electron chi connectivity index (χ0n) is 19.7. The van der Waals surface area contributed by atoms with E-state index in [-0.39, 0.29) is 17.7 Å². The lowest BCUT2D eigenvalue weighted by atomic mass is 9.96. The summed E-state index contributed by atoms with van der Waals surface area (Å²) in [4.78, 5) is 31.6. The molecule has 0 radical (unpaired) electrons. The summed E-state index contributed by atoms with van der Waals surface area (Å²) in [6, 6.07) is 27.4. The van der Waals surface area contributed by atoms with Gasteiger partial charge in [0.25, 0.3) is 11.7 Å². The number of carbonyl (C=O) groups is 2. The van der Waals surface area contributed by atoms with E-state index in [1.165, 1.54) is 11.1 Å². The van der Waals surface area contributed by atoms with Gasteiger partial charge in [-0.3, -0.25) is 14.5 Å². The Hall–Kier alpha value is -3.28. The van der Waals surface area contributed by atoms with Gasteiger partial charge in [0.05, 0.1) is 17.3 Å². The summed E-state index contributed by atoms with van der Waals surface area (Å²) >= 11 is 0. The van der Waals surface area contributed by atoms with E-state index in [9.17, 15) is 9.59 Å². The number of piperazine rings is 1. The van der Waals surface area contributed by atoms with Crippen LogP contribution in [0.4, 0.5) is 5.69 Å². The third-order valence-corrected chi connectivity index (χ3v) is 6.99. The quantitative estimate of drug-likeness (QED) is 0.500. The highest BCUT2D eigenvalue weighted by Crippen LogP contribution is 2.31. The molecular weight excluding hydrogens is 422 g/mol. The summed E-state index contributed by atoms with van der Waals surface area (Å²) in [6.07, 6.45) is 0.854. The number of Topliss-reactive ketones (excluding diaryl/α,β-unsaturated/α-hetero) is 1. The second-order valence-corrected chi connectivity index (χ2v) is 9.26. The topological polar surface area (TPSA) is 43.9 Å². The number of hydrogen-bond donors (Lipinski definition) is 0. The summed E-state index contributed by atoms with van der Waals surface area (Å²) in [7, 11) is 0. The maximum atomic E-state index is 12.5. The average Bonchev–Trinajstić information content (AvgIpc) is 3.11. The molecule has 34 heavy (non-hydrogen) atoms. The van der Waals surface area contributed by atoms with Gasteiger partial charge in [0.15, 0.2) is 0 Å². The first-order valence-electron chi connectivity index (χ1n) is 12.1. The van der Waals surface area contributed by atoms with E-state index < -0.39 is 0 Å². The van der Waals surface area contributed by atoms with Crippen LogP contribution < -0.4 is 4.90 Å². The van der Waals surface area contributed by atoms with Crippen molar-refractivity contribution in [3.05, 3.63) is 101 Å². The van der Waals surface area contributed by atoms with Gasteiger partial charge in [0.2, 0.25) is 0 Å². The minimum absolute atomic E-state index is 0.262. The number of amides is 1. The van der Waals surface area contributed by atoms with Crippen LogP contribution in [0.3, 0.4) is 0 Å². The van der Waals surface area contributed by atoms with E-state index in [1.54, 1.807) is 4.90 Å². The Kier molecular flexibility index (Phi) is 6.57. The molecule has 5 nitrogen and oxygen atoms in total. The molecule has 0 unspecified atom stereocenters. The number of hydrogen-bond acceptors (Lipinski definition) is 4. The molecule has 1 amide bonds. The second kappa shape index (κ2) is 9.92. The molecule has 0 bridgehead atoms. The fourth-order valence-corrected chi connectivity index (χ4v) is 5.22. The number of benzene rings is 3. The van der Waals surface area contributed by atoms with Crippen molar-refractivity contribution in [3.63, 3.8) is 0 Å². The molecule has 5 rings (SSSR count). The first kappa shape index (κ1) is 22.5. The van der Waals surface area contributed by atoms with Crippen LogP contribution in [0.25, 0.3) is 0 Å². The van der Waals surface area contributed by atoms with Gasteiger partial charge in [-0.1, -0.05) is 72.3 Å². The van der Waals surface area contributed by atoms with E-state index in [1.807, 2.05) is 25.1 Å². The van der Waals surface area contributed by atoms with Crippen LogP contribution in [0.5, 0.6) is 0 Å². The van der Waals surface area contributed by atoms with Gasteiger partial charge in [-0.05, 0) is 43.1 Å². The van der Waals surface area contributed by atoms with Gasteiger partial charge in [-0.15, -0.1) is 0 Å². The van der Waals surface area contributed by atoms with E-state index in [4.69, 9.17) is 0 Å². The molecule has 0 N–H and O–H groups in total. The Balaban J connectivity index is 1.18. The fourth-order valence-electron chi connectivity index (χ4n) is 5.22. The Morgan fingerprint density at radius 1 is 0.765 bits per heavy atom. The molecule has 3 aromatic rings. The molecule has 1 fully saturated rings. The van der Waals surface area contributed by atoms with Crippen LogP contribution in [0.2, 0.25) is 0 Å². The van der Waals surface area contributed by atoms with Gasteiger partial charge in [-0.2, -0.15) is 0 Å². The number of carbonyl (C=O) groups excluding carboxylic acids is 2. The molecule has 3 aromatic carbocycles. The van der Waals surface area contributed by atoms with E-state index in [0.717, 1.165) is 50.4 Å². The number of fused-ring (bicyclic) bond motifs is 1. The standard InChI is InChI=1S/C29H31N3O2/c1-22-13-14-26-25(21-22)28(33)29(34)32(26)16-8-15-30-17-19-31(20-18-30)27(23-9-4-2-5-10-23)24-11-6-3-7-12-24/h2-7,9-14,21,27H,8,15-20H2,1H3. The maximum absolute atomic E-state index is 12.5. The molecule has 174 valence electrons. The number of rotatable bonds is 7. The highest BCUT2D eigenvalue weighted by molar-refractivity contribution is 6.52. The maximum Gasteiger partial charge on any atom is 0.299 e. The molecule has 0 atom stereocenters. The van der Waals surface area contributed by atoms with Crippen LogP contribution in [-0.2, 0) is 4.79 Å². The summed E-state index contributed by atoms with van der Waals surface area (Å²) in [6.45, 7) is 7.44. The molecule has 5 heteroatoms. The van der Waals surface area contributed by atoms with Crippen molar-refractivity contribution < 1.29 is 9.59 Å². The molecule has 2 aliphatic rings. The first-order valence-corrected chi connectivity index (χ1v) is 12.1. The van der Waals surface area contributed by atoms with E-state index >= 15 is 0 Å². The van der Waals surface area contributed by atoms with Crippen LogP contribution in [-0.4, -0.2) is 60.8 Å². The minimum Gasteiger partial charge on any atom is -0.305 e. The number of nitrogens with zero attached hydrogens (tertiary/aromatic N) is 3. The van der Waals surface area contributed by atoms with Gasteiger partial charge < -0.3 is 9.80 Å². The van der Waals surface area contributed by atoms with Gasteiger partial charge in [-0.25, -0.2) is 0 Å². The van der Waals surface area contributed by atoms with Crippen molar-refractivity contribution in [1.82, 2.24) is 9.80 Å². The van der Waals surface area contributed by atoms with Crippen molar-refractivity contribution >= 4 is 17.4 Å². The average molecular weight is 454 g/mol. The van der Waals surface area contributed by atoms with Crippen LogP contribution in [0, 0.1) is 6.92 Å². The van der Waals surface area contributed by atoms with Crippen LogP contribution >= 0.6 is 0 Å². The molecule has 1 saturated heterocycles. The van der Waals surface area contributed by atoms with Crippen LogP contribution in [0.15, 0.2) is 78.9 Å². The molecule has 2 heterocycles.